The van der Waals surface area contributed by atoms with Gasteiger partial charge < -0.3 is 14.4 Å². The highest BCUT2D eigenvalue weighted by Crippen LogP contribution is 2.32. The summed E-state index contributed by atoms with van der Waals surface area (Å²) in [6.07, 6.45) is 3.45. The second-order valence-electron chi connectivity index (χ2n) is 6.42. The van der Waals surface area contributed by atoms with Crippen molar-refractivity contribution < 1.29 is 19.1 Å². The molecule has 0 saturated carbocycles. The van der Waals surface area contributed by atoms with Crippen molar-refractivity contribution >= 4 is 23.2 Å². The average molecular weight is 362 g/mol. The molecule has 25 heavy (non-hydrogen) atoms. The highest BCUT2D eigenvalue weighted by Gasteiger charge is 2.30. The van der Waals surface area contributed by atoms with E-state index >= 15 is 0 Å². The van der Waals surface area contributed by atoms with Crippen LogP contribution in [-0.2, 0) is 4.79 Å². The molecule has 3 rings (SSSR count). The van der Waals surface area contributed by atoms with Crippen LogP contribution in [0.3, 0.4) is 0 Å². The van der Waals surface area contributed by atoms with E-state index in [9.17, 15) is 9.59 Å². The number of piperidine rings is 1. The zero-order valence-electron chi connectivity index (χ0n) is 14.4. The van der Waals surface area contributed by atoms with Crippen LogP contribution in [0.4, 0.5) is 0 Å². The van der Waals surface area contributed by atoms with Crippen molar-refractivity contribution in [2.75, 3.05) is 6.54 Å². The van der Waals surface area contributed by atoms with Crippen molar-refractivity contribution in [3.63, 3.8) is 0 Å². The Bertz CT molecular complexity index is 780. The summed E-state index contributed by atoms with van der Waals surface area (Å²) in [5.41, 5.74) is 0.696. The fraction of sp³-hybridized carbons (Fsp3) is 0.500. The molecule has 134 valence electrons. The quantitative estimate of drug-likeness (QED) is 0.872. The Kier molecular flexibility index (Phi) is 5.22. The number of aromatic nitrogens is 1. The minimum absolute atomic E-state index is 0.00634. The van der Waals surface area contributed by atoms with Crippen LogP contribution in [0.2, 0.25) is 0 Å². The van der Waals surface area contributed by atoms with E-state index in [-0.39, 0.29) is 18.4 Å². The summed E-state index contributed by atoms with van der Waals surface area (Å²) in [5.74, 6) is 0.619. The van der Waals surface area contributed by atoms with E-state index in [1.54, 1.807) is 0 Å². The predicted octanol–water partition coefficient (Wildman–Crippen LogP) is 3.88. The van der Waals surface area contributed by atoms with Gasteiger partial charge >= 0.3 is 5.97 Å². The number of nitrogens with zero attached hydrogens (tertiary/aromatic N) is 2. The first-order chi connectivity index (χ1) is 12.0. The van der Waals surface area contributed by atoms with Crippen molar-refractivity contribution in [3.8, 4) is 10.8 Å². The molecule has 1 saturated heterocycles. The van der Waals surface area contributed by atoms with Gasteiger partial charge in [0.25, 0.3) is 5.91 Å². The first-order valence-corrected chi connectivity index (χ1v) is 9.34. The van der Waals surface area contributed by atoms with Crippen LogP contribution < -0.4 is 0 Å². The summed E-state index contributed by atoms with van der Waals surface area (Å²) in [6.45, 7) is 4.38. The molecule has 1 amide bonds. The zero-order chi connectivity index (χ0) is 18.0. The summed E-state index contributed by atoms with van der Waals surface area (Å²) in [4.78, 5) is 30.9. The average Bonchev–Trinajstić information content (AvgIpc) is 3.18. The third kappa shape index (κ3) is 3.92. The number of rotatable bonds is 5. The third-order valence-electron chi connectivity index (χ3n) is 4.52. The normalized spacial score (nSPS) is 17.7. The topological polar surface area (TPSA) is 83.6 Å². The van der Waals surface area contributed by atoms with Gasteiger partial charge in [-0.2, -0.15) is 0 Å². The number of hydrogen-bond acceptors (Lipinski definition) is 5. The molecule has 0 aliphatic carbocycles. The highest BCUT2D eigenvalue weighted by atomic mass is 32.1. The van der Waals surface area contributed by atoms with Gasteiger partial charge in [-0.3, -0.25) is 9.59 Å². The number of aryl methyl sites for hydroxylation is 2. The third-order valence-corrected chi connectivity index (χ3v) is 5.68. The monoisotopic (exact) mass is 362 g/mol. The van der Waals surface area contributed by atoms with Gasteiger partial charge in [-0.05, 0) is 51.7 Å². The lowest BCUT2D eigenvalue weighted by atomic mass is 9.97. The van der Waals surface area contributed by atoms with Crippen LogP contribution in [0.15, 0.2) is 16.5 Å². The van der Waals surface area contributed by atoms with E-state index < -0.39 is 5.97 Å². The van der Waals surface area contributed by atoms with Gasteiger partial charge in [-0.25, -0.2) is 4.98 Å². The Balaban J connectivity index is 1.81. The Hall–Kier alpha value is -2.15. The lowest BCUT2D eigenvalue weighted by Crippen LogP contribution is -2.43. The van der Waals surface area contributed by atoms with Crippen LogP contribution in [0, 0.1) is 13.8 Å². The summed E-state index contributed by atoms with van der Waals surface area (Å²) >= 11 is 1.34. The van der Waals surface area contributed by atoms with Crippen LogP contribution in [0.25, 0.3) is 10.8 Å². The smallest absolute Gasteiger partial charge is 0.303 e. The molecule has 6 nitrogen and oxygen atoms in total. The lowest BCUT2D eigenvalue weighted by molar-refractivity contribution is -0.137. The molecule has 1 atom stereocenters. The van der Waals surface area contributed by atoms with Crippen molar-refractivity contribution in [1.29, 1.82) is 0 Å². The largest absolute Gasteiger partial charge is 0.481 e. The Morgan fingerprint density at radius 3 is 2.84 bits per heavy atom. The van der Waals surface area contributed by atoms with E-state index in [4.69, 9.17) is 9.52 Å². The van der Waals surface area contributed by atoms with Gasteiger partial charge in [-0.15, -0.1) is 11.3 Å². The Labute approximate surface area is 150 Å². The molecule has 0 radical (unpaired) electrons. The highest BCUT2D eigenvalue weighted by molar-refractivity contribution is 7.17. The van der Waals surface area contributed by atoms with E-state index in [2.05, 4.69) is 4.98 Å². The van der Waals surface area contributed by atoms with E-state index in [0.717, 1.165) is 25.0 Å². The van der Waals surface area contributed by atoms with E-state index in [1.165, 1.54) is 11.3 Å². The van der Waals surface area contributed by atoms with Crippen LogP contribution in [0.1, 0.15) is 53.2 Å². The Morgan fingerprint density at radius 2 is 2.16 bits per heavy atom. The molecule has 1 aliphatic heterocycles. The molecule has 1 unspecified atom stereocenters. The number of hydrogen-bond donors (Lipinski definition) is 1. The maximum absolute atomic E-state index is 13.0. The number of likely N-dealkylation sites (tertiary alicyclic amines) is 1. The maximum Gasteiger partial charge on any atom is 0.303 e. The molecule has 1 aliphatic rings. The molecule has 0 bridgehead atoms. The minimum Gasteiger partial charge on any atom is -0.481 e. The molecule has 2 aromatic heterocycles. The van der Waals surface area contributed by atoms with Crippen LogP contribution >= 0.6 is 11.3 Å². The first-order valence-electron chi connectivity index (χ1n) is 8.52. The lowest BCUT2D eigenvalue weighted by Gasteiger charge is -2.35. The van der Waals surface area contributed by atoms with Gasteiger partial charge in [0.1, 0.15) is 10.6 Å². The van der Waals surface area contributed by atoms with Gasteiger partial charge in [0.15, 0.2) is 10.8 Å². The zero-order valence-corrected chi connectivity index (χ0v) is 15.3. The number of amides is 1. The second kappa shape index (κ2) is 7.39. The molecule has 0 spiro atoms. The SMILES string of the molecule is Cc1ccc(-c2nc(C)c(C(=O)N3CCCCC3CCC(=O)O)s2)o1. The summed E-state index contributed by atoms with van der Waals surface area (Å²) in [7, 11) is 0. The Morgan fingerprint density at radius 1 is 1.36 bits per heavy atom. The summed E-state index contributed by atoms with van der Waals surface area (Å²) < 4.78 is 5.61. The van der Waals surface area contributed by atoms with Crippen molar-refractivity contribution in [2.45, 2.75) is 52.0 Å². The molecule has 0 aromatic carbocycles. The predicted molar refractivity (Wildman–Crippen MR) is 94.8 cm³/mol. The maximum atomic E-state index is 13.0. The number of carboxylic acids is 1. The van der Waals surface area contributed by atoms with Crippen molar-refractivity contribution in [3.05, 3.63) is 28.5 Å². The number of furan rings is 1. The van der Waals surface area contributed by atoms with Crippen molar-refractivity contribution in [1.82, 2.24) is 9.88 Å². The van der Waals surface area contributed by atoms with Gasteiger partial charge in [0, 0.05) is 19.0 Å². The van der Waals surface area contributed by atoms with Gasteiger partial charge in [-0.1, -0.05) is 0 Å². The second-order valence-corrected chi connectivity index (χ2v) is 7.42. The number of carbonyl (C=O) groups excluding carboxylic acids is 1. The van der Waals surface area contributed by atoms with Gasteiger partial charge in [0.05, 0.1) is 5.69 Å². The fourth-order valence-electron chi connectivity index (χ4n) is 3.24. The molecular weight excluding hydrogens is 340 g/mol. The minimum atomic E-state index is -0.817. The molecule has 3 heterocycles. The van der Waals surface area contributed by atoms with E-state index in [0.29, 0.717) is 34.3 Å². The fourth-order valence-corrected chi connectivity index (χ4v) is 4.22. The number of thiazole rings is 1. The summed E-state index contributed by atoms with van der Waals surface area (Å²) in [5, 5.41) is 9.64. The number of aliphatic carboxylic acids is 1. The molecule has 7 heteroatoms. The molecule has 1 N–H and O–H groups in total. The first kappa shape index (κ1) is 17.7. The summed E-state index contributed by atoms with van der Waals surface area (Å²) in [6, 6.07) is 3.73. The van der Waals surface area contributed by atoms with E-state index in [1.807, 2.05) is 30.9 Å². The standard InChI is InChI=1S/C18H22N2O4S/c1-11-6-8-14(24-11)17-19-12(2)16(25-17)18(23)20-10-4-3-5-13(20)7-9-15(21)22/h6,8,13H,3-5,7,9-10H2,1-2H3,(H,21,22). The molecular formula is C18H22N2O4S. The van der Waals surface area contributed by atoms with Crippen LogP contribution in [0.5, 0.6) is 0 Å². The van der Waals surface area contributed by atoms with Crippen molar-refractivity contribution in [2.24, 2.45) is 0 Å². The number of carboxylic acid groups (broad SMARTS) is 1. The number of carbonyl (C=O) groups is 2. The van der Waals surface area contributed by atoms with Gasteiger partial charge in [0.2, 0.25) is 0 Å². The van der Waals surface area contributed by atoms with Crippen LogP contribution in [-0.4, -0.2) is 39.5 Å². The molecule has 2 aromatic rings. The molecule has 1 fully saturated rings.